The smallest absolute Gasteiger partial charge is 0.0991 e. The molecule has 0 spiro atoms. The van der Waals surface area contributed by atoms with E-state index in [1.54, 1.807) is 4.68 Å². The summed E-state index contributed by atoms with van der Waals surface area (Å²) in [5.74, 6) is 0. The van der Waals surface area contributed by atoms with Gasteiger partial charge in [0.1, 0.15) is 0 Å². The normalized spacial score (nSPS) is 11.2. The van der Waals surface area contributed by atoms with Crippen molar-refractivity contribution in [3.63, 3.8) is 0 Å². The maximum absolute atomic E-state index is 9.03. The zero-order chi connectivity index (χ0) is 14.3. The lowest BCUT2D eigenvalue weighted by atomic mass is 10.1. The molecule has 0 saturated heterocycles. The maximum Gasteiger partial charge on any atom is 0.0991 e. The Hall–Kier alpha value is -2.54. The van der Waals surface area contributed by atoms with E-state index in [1.165, 1.54) is 0 Å². The van der Waals surface area contributed by atoms with E-state index in [0.717, 1.165) is 22.2 Å². The largest absolute Gasteiger partial charge is 0.338 e. The topological polar surface area (TPSA) is 46.5 Å². The van der Waals surface area contributed by atoms with Crippen molar-refractivity contribution < 1.29 is 0 Å². The molecule has 0 N–H and O–H groups in total. The molecule has 1 aromatic carbocycles. The lowest BCUT2D eigenvalue weighted by Crippen LogP contribution is -2.02. The van der Waals surface area contributed by atoms with Gasteiger partial charge in [0.15, 0.2) is 0 Å². The molecule has 0 radical (unpaired) electrons. The average Bonchev–Trinajstić information content (AvgIpc) is 3.00. The average molecular weight is 264 g/mol. The quantitative estimate of drug-likeness (QED) is 0.711. The molecule has 2 heterocycles. The summed E-state index contributed by atoms with van der Waals surface area (Å²) in [5, 5.41) is 14.4. The highest BCUT2D eigenvalue weighted by molar-refractivity contribution is 5.88. The van der Waals surface area contributed by atoms with Crippen molar-refractivity contribution in [2.75, 3.05) is 0 Å². The van der Waals surface area contributed by atoms with Crippen molar-refractivity contribution in [2.45, 2.75) is 19.9 Å². The molecule has 20 heavy (non-hydrogen) atoms. The Balaban J connectivity index is 2.31. The minimum atomic E-state index is 0.343. The maximum atomic E-state index is 9.03. The number of nitriles is 1. The van der Waals surface area contributed by atoms with Crippen LogP contribution in [0.15, 0.2) is 36.7 Å². The highest BCUT2D eigenvalue weighted by Gasteiger charge is 2.14. The van der Waals surface area contributed by atoms with Crippen LogP contribution >= 0.6 is 0 Å². The molecule has 0 unspecified atom stereocenters. The molecule has 0 saturated carbocycles. The third kappa shape index (κ3) is 1.88. The Morgan fingerprint density at radius 2 is 2.05 bits per heavy atom. The van der Waals surface area contributed by atoms with Crippen molar-refractivity contribution in [1.82, 2.24) is 14.3 Å². The Labute approximate surface area is 117 Å². The van der Waals surface area contributed by atoms with Crippen molar-refractivity contribution in [2.24, 2.45) is 7.05 Å². The van der Waals surface area contributed by atoms with Gasteiger partial charge >= 0.3 is 0 Å². The third-order valence-corrected chi connectivity index (χ3v) is 3.48. The lowest BCUT2D eigenvalue weighted by Gasteiger charge is -2.13. The van der Waals surface area contributed by atoms with Gasteiger partial charge in [-0.2, -0.15) is 10.4 Å². The molecule has 4 nitrogen and oxygen atoms in total. The molecule has 100 valence electrons. The first-order valence-electron chi connectivity index (χ1n) is 6.64. The van der Waals surface area contributed by atoms with E-state index in [-0.39, 0.29) is 0 Å². The van der Waals surface area contributed by atoms with E-state index in [1.807, 2.05) is 37.6 Å². The Morgan fingerprint density at radius 3 is 2.65 bits per heavy atom. The molecular weight excluding hydrogens is 248 g/mol. The number of hydrogen-bond acceptors (Lipinski definition) is 2. The Bertz CT molecular complexity index is 815. The predicted octanol–water partition coefficient (Wildman–Crippen LogP) is 3.49. The van der Waals surface area contributed by atoms with Crippen molar-refractivity contribution in [3.05, 3.63) is 42.2 Å². The van der Waals surface area contributed by atoms with E-state index < -0.39 is 0 Å². The molecule has 0 fully saturated rings. The summed E-state index contributed by atoms with van der Waals surface area (Å²) in [6, 6.07) is 10.5. The summed E-state index contributed by atoms with van der Waals surface area (Å²) < 4.78 is 4.09. The molecule has 2 aromatic heterocycles. The zero-order valence-electron chi connectivity index (χ0n) is 11.8. The highest BCUT2D eigenvalue weighted by Crippen LogP contribution is 2.31. The summed E-state index contributed by atoms with van der Waals surface area (Å²) in [6.07, 6.45) is 3.89. The van der Waals surface area contributed by atoms with Crippen LogP contribution in [0, 0.1) is 11.3 Å². The van der Waals surface area contributed by atoms with Crippen LogP contribution in [0.3, 0.4) is 0 Å². The summed E-state index contributed by atoms with van der Waals surface area (Å²) in [6.45, 7) is 4.33. The van der Waals surface area contributed by atoms with Gasteiger partial charge in [-0.25, -0.2) is 0 Å². The molecule has 0 aliphatic heterocycles. The SMILES string of the molecule is CC(C)n1c(-c2cnn(C)c2)cc2cc(C#N)ccc21. The Kier molecular flexibility index (Phi) is 2.83. The number of hydrogen-bond donors (Lipinski definition) is 0. The van der Waals surface area contributed by atoms with Crippen LogP contribution in [0.1, 0.15) is 25.5 Å². The van der Waals surface area contributed by atoms with Crippen LogP contribution in [0.25, 0.3) is 22.2 Å². The number of benzene rings is 1. The minimum Gasteiger partial charge on any atom is -0.338 e. The first-order valence-corrected chi connectivity index (χ1v) is 6.64. The van der Waals surface area contributed by atoms with Crippen LogP contribution in [0.4, 0.5) is 0 Å². The fourth-order valence-electron chi connectivity index (χ4n) is 2.64. The van der Waals surface area contributed by atoms with Gasteiger partial charge in [0, 0.05) is 35.8 Å². The summed E-state index contributed by atoms with van der Waals surface area (Å²) >= 11 is 0. The fraction of sp³-hybridized carbons (Fsp3) is 0.250. The van der Waals surface area contributed by atoms with Gasteiger partial charge < -0.3 is 4.57 Å². The van der Waals surface area contributed by atoms with Crippen LogP contribution in [0.5, 0.6) is 0 Å². The standard InChI is InChI=1S/C16H16N4/c1-11(2)20-15-5-4-12(8-17)6-13(15)7-16(20)14-9-18-19(3)10-14/h4-7,9-11H,1-3H3. The first kappa shape index (κ1) is 12.5. The zero-order valence-corrected chi connectivity index (χ0v) is 11.8. The molecule has 3 rings (SSSR count). The van der Waals surface area contributed by atoms with Crippen molar-refractivity contribution >= 4 is 10.9 Å². The minimum absolute atomic E-state index is 0.343. The number of rotatable bonds is 2. The molecule has 0 aliphatic carbocycles. The number of fused-ring (bicyclic) bond motifs is 1. The van der Waals surface area contributed by atoms with E-state index in [9.17, 15) is 0 Å². The second-order valence-corrected chi connectivity index (χ2v) is 5.28. The van der Waals surface area contributed by atoms with Crippen LogP contribution in [-0.2, 0) is 7.05 Å². The van der Waals surface area contributed by atoms with E-state index in [4.69, 9.17) is 5.26 Å². The summed E-state index contributed by atoms with van der Waals surface area (Å²) in [5.41, 5.74) is 4.07. The second kappa shape index (κ2) is 4.53. The van der Waals surface area contributed by atoms with Gasteiger partial charge in [-0.15, -0.1) is 0 Å². The molecule has 0 bridgehead atoms. The highest BCUT2D eigenvalue weighted by atomic mass is 15.2. The number of nitrogens with zero attached hydrogens (tertiary/aromatic N) is 4. The van der Waals surface area contributed by atoms with E-state index in [2.05, 4.69) is 35.6 Å². The molecular formula is C16H16N4. The number of aromatic nitrogens is 3. The number of aryl methyl sites for hydroxylation is 1. The second-order valence-electron chi connectivity index (χ2n) is 5.28. The van der Waals surface area contributed by atoms with Gasteiger partial charge in [-0.05, 0) is 38.1 Å². The monoisotopic (exact) mass is 264 g/mol. The van der Waals surface area contributed by atoms with Crippen LogP contribution in [0.2, 0.25) is 0 Å². The van der Waals surface area contributed by atoms with Gasteiger partial charge in [-0.1, -0.05) is 0 Å². The van der Waals surface area contributed by atoms with Crippen molar-refractivity contribution in [3.8, 4) is 17.3 Å². The molecule has 0 amide bonds. The fourth-order valence-corrected chi connectivity index (χ4v) is 2.64. The lowest BCUT2D eigenvalue weighted by molar-refractivity contribution is 0.629. The van der Waals surface area contributed by atoms with E-state index >= 15 is 0 Å². The molecule has 4 heteroatoms. The third-order valence-electron chi connectivity index (χ3n) is 3.48. The van der Waals surface area contributed by atoms with Crippen LogP contribution in [-0.4, -0.2) is 14.3 Å². The van der Waals surface area contributed by atoms with Crippen LogP contribution < -0.4 is 0 Å². The van der Waals surface area contributed by atoms with Gasteiger partial charge in [0.2, 0.25) is 0 Å². The van der Waals surface area contributed by atoms with E-state index in [0.29, 0.717) is 11.6 Å². The van der Waals surface area contributed by atoms with Gasteiger partial charge in [0.05, 0.1) is 23.5 Å². The Morgan fingerprint density at radius 1 is 1.25 bits per heavy atom. The molecule has 3 aromatic rings. The van der Waals surface area contributed by atoms with Gasteiger partial charge in [-0.3, -0.25) is 4.68 Å². The summed E-state index contributed by atoms with van der Waals surface area (Å²) in [7, 11) is 1.92. The predicted molar refractivity (Wildman–Crippen MR) is 79.2 cm³/mol. The van der Waals surface area contributed by atoms with Crippen molar-refractivity contribution in [1.29, 1.82) is 5.26 Å². The summed E-state index contributed by atoms with van der Waals surface area (Å²) in [4.78, 5) is 0. The molecule has 0 atom stereocenters. The van der Waals surface area contributed by atoms with Gasteiger partial charge in [0.25, 0.3) is 0 Å². The first-order chi connectivity index (χ1) is 9.60. The molecule has 0 aliphatic rings.